The third-order valence-corrected chi connectivity index (χ3v) is 5.97. The van der Waals surface area contributed by atoms with Gasteiger partial charge in [-0.3, -0.25) is 4.79 Å². The van der Waals surface area contributed by atoms with Gasteiger partial charge in [0.05, 0.1) is 23.6 Å². The van der Waals surface area contributed by atoms with Crippen molar-refractivity contribution in [3.8, 4) is 0 Å². The molecular weight excluding hydrogens is 434 g/mol. The minimum atomic E-state index is -0.284. The Bertz CT molecular complexity index is 1460. The fourth-order valence-corrected chi connectivity index (χ4v) is 4.09. The number of amides is 1. The Balaban J connectivity index is 1.62. The number of aromatic nitrogens is 3. The second-order valence-corrected chi connectivity index (χ2v) is 8.40. The van der Waals surface area contributed by atoms with E-state index in [0.29, 0.717) is 39.6 Å². The van der Waals surface area contributed by atoms with Gasteiger partial charge in [0.1, 0.15) is 16.9 Å². The first-order chi connectivity index (χ1) is 16.0. The lowest BCUT2D eigenvalue weighted by molar-refractivity contribution is 0.0942. The molecule has 6 nitrogen and oxygen atoms in total. The highest BCUT2D eigenvalue weighted by Gasteiger charge is 2.25. The van der Waals surface area contributed by atoms with E-state index in [-0.39, 0.29) is 11.9 Å². The summed E-state index contributed by atoms with van der Waals surface area (Å²) < 4.78 is 1.83. The summed E-state index contributed by atoms with van der Waals surface area (Å²) in [5.74, 6) is 0.0429. The van der Waals surface area contributed by atoms with Crippen LogP contribution in [-0.4, -0.2) is 20.4 Å². The molecule has 0 bridgehead atoms. The average molecular weight is 456 g/mol. The van der Waals surface area contributed by atoms with Crippen LogP contribution in [0.15, 0.2) is 78.9 Å². The Morgan fingerprint density at radius 1 is 0.970 bits per heavy atom. The molecule has 164 valence electrons. The molecule has 2 heterocycles. The number of benzene rings is 3. The van der Waals surface area contributed by atoms with E-state index in [2.05, 4.69) is 5.32 Å². The largest absolute Gasteiger partial charge is 0.384 e. The van der Waals surface area contributed by atoms with Gasteiger partial charge in [-0.25, -0.2) is 9.97 Å². The van der Waals surface area contributed by atoms with Crippen molar-refractivity contribution in [2.24, 2.45) is 0 Å². The zero-order chi connectivity index (χ0) is 22.9. The number of halogens is 1. The van der Waals surface area contributed by atoms with Gasteiger partial charge in [-0.15, -0.1) is 0 Å². The normalized spacial score (nSPS) is 12.2. The van der Waals surface area contributed by atoms with Crippen molar-refractivity contribution >= 4 is 45.5 Å². The Labute approximate surface area is 196 Å². The number of carbonyl (C=O) groups is 1. The molecule has 7 heteroatoms. The van der Waals surface area contributed by atoms with Gasteiger partial charge in [0.2, 0.25) is 0 Å². The first-order valence-electron chi connectivity index (χ1n) is 10.7. The van der Waals surface area contributed by atoms with E-state index < -0.39 is 0 Å². The third kappa shape index (κ3) is 4.01. The Hall–Kier alpha value is -3.90. The summed E-state index contributed by atoms with van der Waals surface area (Å²) in [6, 6.07) is 24.7. The van der Waals surface area contributed by atoms with E-state index in [1.54, 1.807) is 0 Å². The highest BCUT2D eigenvalue weighted by Crippen LogP contribution is 2.29. The smallest absolute Gasteiger partial charge is 0.257 e. The molecule has 0 radical (unpaired) electrons. The van der Waals surface area contributed by atoms with Gasteiger partial charge >= 0.3 is 0 Å². The Kier molecular flexibility index (Phi) is 5.44. The van der Waals surface area contributed by atoms with Crippen molar-refractivity contribution in [3.05, 3.63) is 101 Å². The van der Waals surface area contributed by atoms with Gasteiger partial charge in [0, 0.05) is 5.02 Å². The molecule has 5 aromatic rings. The van der Waals surface area contributed by atoms with E-state index in [1.807, 2.05) is 90.4 Å². The zero-order valence-corrected chi connectivity index (χ0v) is 18.8. The number of rotatable bonds is 5. The molecule has 0 unspecified atom stereocenters. The number of hydrogen-bond donors (Lipinski definition) is 2. The highest BCUT2D eigenvalue weighted by molar-refractivity contribution is 6.30. The second-order valence-electron chi connectivity index (χ2n) is 7.96. The molecule has 0 spiro atoms. The summed E-state index contributed by atoms with van der Waals surface area (Å²) in [7, 11) is 0. The van der Waals surface area contributed by atoms with Crippen LogP contribution >= 0.6 is 11.6 Å². The summed E-state index contributed by atoms with van der Waals surface area (Å²) >= 11 is 6.04. The van der Waals surface area contributed by atoms with Gasteiger partial charge in [-0.05, 0) is 42.3 Å². The van der Waals surface area contributed by atoms with E-state index >= 15 is 0 Å². The van der Waals surface area contributed by atoms with E-state index in [9.17, 15) is 4.79 Å². The minimum absolute atomic E-state index is 0.193. The highest BCUT2D eigenvalue weighted by atomic mass is 35.5. The second kappa shape index (κ2) is 8.56. The predicted molar refractivity (Wildman–Crippen MR) is 132 cm³/mol. The van der Waals surface area contributed by atoms with Crippen molar-refractivity contribution in [1.29, 1.82) is 0 Å². The maximum absolute atomic E-state index is 13.4. The maximum Gasteiger partial charge on any atom is 0.257 e. The fourth-order valence-electron chi connectivity index (χ4n) is 3.97. The van der Waals surface area contributed by atoms with Crippen LogP contribution < -0.4 is 11.1 Å². The van der Waals surface area contributed by atoms with Gasteiger partial charge in [-0.2, -0.15) is 0 Å². The molecule has 5 rings (SSSR count). The van der Waals surface area contributed by atoms with Crippen molar-refractivity contribution in [2.45, 2.75) is 19.5 Å². The molecular formula is C26H22ClN5O. The molecule has 0 aliphatic rings. The van der Waals surface area contributed by atoms with Crippen LogP contribution in [0, 0.1) is 0 Å². The third-order valence-electron chi connectivity index (χ3n) is 5.72. The summed E-state index contributed by atoms with van der Waals surface area (Å²) in [6.07, 6.45) is 0. The SMILES string of the molecule is C[C@@H](NC(=O)c1c(N)n(Cc2ccc(Cl)cc2)c2nc3ccccc3nc12)c1ccccc1. The first kappa shape index (κ1) is 21.0. The Morgan fingerprint density at radius 3 is 2.30 bits per heavy atom. The molecule has 1 atom stereocenters. The number of nitrogens with two attached hydrogens (primary N) is 1. The number of nitrogens with one attached hydrogen (secondary N) is 1. The number of fused-ring (bicyclic) bond motifs is 2. The van der Waals surface area contributed by atoms with Crippen LogP contribution in [0.1, 0.15) is 34.5 Å². The molecule has 33 heavy (non-hydrogen) atoms. The minimum Gasteiger partial charge on any atom is -0.384 e. The Morgan fingerprint density at radius 2 is 1.61 bits per heavy atom. The quantitative estimate of drug-likeness (QED) is 0.373. The van der Waals surface area contributed by atoms with Crippen LogP contribution in [-0.2, 0) is 6.54 Å². The molecule has 0 aliphatic carbocycles. The number of nitrogens with zero attached hydrogens (tertiary/aromatic N) is 3. The standard InChI is InChI=1S/C26H22ClN5O/c1-16(18-7-3-2-4-8-18)29-26(33)22-23-25(31-21-10-6-5-9-20(21)30-23)32(24(22)28)15-17-11-13-19(27)14-12-17/h2-14,16H,15,28H2,1H3,(H,29,33)/t16-/m1/s1. The molecule has 1 amide bonds. The van der Waals surface area contributed by atoms with Crippen LogP contribution in [0.25, 0.3) is 22.2 Å². The maximum atomic E-state index is 13.4. The summed E-state index contributed by atoms with van der Waals surface area (Å²) in [5, 5.41) is 3.72. The van der Waals surface area contributed by atoms with Crippen LogP contribution in [0.3, 0.4) is 0 Å². The molecule has 0 fully saturated rings. The number of nitrogen functional groups attached to an aromatic ring is 1. The van der Waals surface area contributed by atoms with Crippen molar-refractivity contribution in [2.75, 3.05) is 5.73 Å². The molecule has 0 saturated heterocycles. The fraction of sp³-hybridized carbons (Fsp3) is 0.115. The van der Waals surface area contributed by atoms with Crippen LogP contribution in [0.5, 0.6) is 0 Å². The lowest BCUT2D eigenvalue weighted by Gasteiger charge is -2.14. The number of hydrogen-bond acceptors (Lipinski definition) is 4. The van der Waals surface area contributed by atoms with Gasteiger partial charge in [0.25, 0.3) is 5.91 Å². The summed E-state index contributed by atoms with van der Waals surface area (Å²) in [6.45, 7) is 2.38. The van der Waals surface area contributed by atoms with Crippen molar-refractivity contribution in [3.63, 3.8) is 0 Å². The van der Waals surface area contributed by atoms with E-state index in [1.165, 1.54) is 0 Å². The predicted octanol–water partition coefficient (Wildman–Crippen LogP) is 5.36. The van der Waals surface area contributed by atoms with Gasteiger partial charge < -0.3 is 15.6 Å². The molecule has 3 N–H and O–H groups in total. The van der Waals surface area contributed by atoms with Crippen molar-refractivity contribution < 1.29 is 4.79 Å². The lowest BCUT2D eigenvalue weighted by Crippen LogP contribution is -2.27. The molecule has 0 saturated carbocycles. The van der Waals surface area contributed by atoms with E-state index in [0.717, 1.165) is 16.6 Å². The number of para-hydroxylation sites is 2. The molecule has 3 aromatic carbocycles. The van der Waals surface area contributed by atoms with Crippen molar-refractivity contribution in [1.82, 2.24) is 19.9 Å². The lowest BCUT2D eigenvalue weighted by atomic mass is 10.1. The number of anilines is 1. The average Bonchev–Trinajstić information content (AvgIpc) is 3.09. The van der Waals surface area contributed by atoms with Crippen LogP contribution in [0.4, 0.5) is 5.82 Å². The van der Waals surface area contributed by atoms with Crippen LogP contribution in [0.2, 0.25) is 5.02 Å². The monoisotopic (exact) mass is 455 g/mol. The summed E-state index contributed by atoms with van der Waals surface area (Å²) in [4.78, 5) is 23.0. The molecule has 0 aliphatic heterocycles. The van der Waals surface area contributed by atoms with Gasteiger partial charge in [-0.1, -0.05) is 66.2 Å². The van der Waals surface area contributed by atoms with E-state index in [4.69, 9.17) is 27.3 Å². The number of carbonyl (C=O) groups excluding carboxylic acids is 1. The topological polar surface area (TPSA) is 85.8 Å². The summed E-state index contributed by atoms with van der Waals surface area (Å²) in [5.41, 5.74) is 11.4. The zero-order valence-electron chi connectivity index (χ0n) is 18.0. The first-order valence-corrected chi connectivity index (χ1v) is 11.0. The van der Waals surface area contributed by atoms with Gasteiger partial charge in [0.15, 0.2) is 5.65 Å². The molecule has 2 aromatic heterocycles.